The topological polar surface area (TPSA) is 170 Å². The van der Waals surface area contributed by atoms with E-state index in [9.17, 15) is 24.0 Å². The fourth-order valence-electron chi connectivity index (χ4n) is 5.90. The summed E-state index contributed by atoms with van der Waals surface area (Å²) in [6.07, 6.45) is 8.71. The van der Waals surface area contributed by atoms with E-state index in [0.717, 1.165) is 60.0 Å². The Morgan fingerprint density at radius 1 is 0.672 bits per heavy atom. The van der Waals surface area contributed by atoms with Gasteiger partial charge in [-0.25, -0.2) is 9.59 Å². The number of allylic oxidation sites excluding steroid dienone is 2. The maximum atomic E-state index is 12.8. The number of benzene rings is 2. The average Bonchev–Trinajstić information content (AvgIpc) is 3.49. The SMILES string of the molecule is CCC/C=C/[C@H](CC(=O)OCC[Si](C)(C)C)OC(=O)[C@H](C)N.CCC/C=C/[C@H](CC(=O)OCC[Si](C)(C)C)OC(=O)[C@H](C)NC(=O)OCC1c2ccccc2-c2ccccc21. The molecule has 12 nitrogen and oxygen atoms in total. The number of hydrogen-bond acceptors (Lipinski definition) is 11. The Balaban J connectivity index is 0.000000496. The first-order valence-electron chi connectivity index (χ1n) is 21.7. The van der Waals surface area contributed by atoms with Gasteiger partial charge in [-0.1, -0.05) is 127 Å². The highest BCUT2D eigenvalue weighted by Gasteiger charge is 2.30. The van der Waals surface area contributed by atoms with E-state index in [1.807, 2.05) is 55.5 Å². The number of nitrogens with one attached hydrogen (secondary N) is 1. The van der Waals surface area contributed by atoms with Crippen LogP contribution < -0.4 is 11.1 Å². The molecule has 0 unspecified atom stereocenters. The maximum Gasteiger partial charge on any atom is 0.407 e. The molecule has 0 fully saturated rings. The Morgan fingerprint density at radius 2 is 1.10 bits per heavy atom. The Kier molecular flexibility index (Phi) is 23.0. The molecule has 0 saturated carbocycles. The van der Waals surface area contributed by atoms with Crippen molar-refractivity contribution in [2.24, 2.45) is 5.73 Å². The summed E-state index contributed by atoms with van der Waals surface area (Å²) in [4.78, 5) is 61.2. The molecule has 0 aliphatic heterocycles. The minimum Gasteiger partial charge on any atom is -0.466 e. The first-order chi connectivity index (χ1) is 28.7. The predicted molar refractivity (Wildman–Crippen MR) is 247 cm³/mol. The van der Waals surface area contributed by atoms with Crippen LogP contribution in [0, 0.1) is 0 Å². The van der Waals surface area contributed by atoms with Gasteiger partial charge in [0, 0.05) is 22.1 Å². The molecule has 2 aromatic rings. The largest absolute Gasteiger partial charge is 0.466 e. The smallest absolute Gasteiger partial charge is 0.407 e. The lowest BCUT2D eigenvalue weighted by molar-refractivity contribution is -0.155. The van der Waals surface area contributed by atoms with Crippen LogP contribution in [0.25, 0.3) is 11.1 Å². The molecule has 0 heterocycles. The van der Waals surface area contributed by atoms with Crippen molar-refractivity contribution in [3.63, 3.8) is 0 Å². The minimum atomic E-state index is -1.33. The van der Waals surface area contributed by atoms with Crippen molar-refractivity contribution in [1.82, 2.24) is 5.32 Å². The van der Waals surface area contributed by atoms with Crippen molar-refractivity contribution in [2.75, 3.05) is 19.8 Å². The van der Waals surface area contributed by atoms with Crippen LogP contribution in [-0.2, 0) is 42.9 Å². The zero-order chi connectivity index (χ0) is 45.6. The molecule has 0 aromatic heterocycles. The van der Waals surface area contributed by atoms with Gasteiger partial charge < -0.3 is 34.7 Å². The standard InChI is InChI=1S/C31H41NO6Si.C16H31NO4Si/c1-6-7-8-13-23(20-29(33)36-18-19-39(3,4)5)38-30(34)22(2)32-31(35)37-21-28-26-16-11-9-14-24(26)25-15-10-12-17-27(25)28;1-6-7-8-9-14(21-16(19)13(2)17)12-15(18)20-10-11-22(3,4)5/h8-17,22-23,28H,6-7,18-21H2,1-5H3,(H,32,35);8-9,13-14H,6-7,10-12,17H2,1-5H3/b13-8+;9-8+/t22-,23+;13-,14+/m00/s1. The van der Waals surface area contributed by atoms with Gasteiger partial charge >= 0.3 is 30.0 Å². The van der Waals surface area contributed by atoms with Crippen LogP contribution in [0.1, 0.15) is 83.3 Å². The molecule has 1 aliphatic rings. The van der Waals surface area contributed by atoms with Crippen molar-refractivity contribution in [3.8, 4) is 11.1 Å². The van der Waals surface area contributed by atoms with E-state index in [4.69, 9.17) is 29.4 Å². The van der Waals surface area contributed by atoms with Gasteiger partial charge in [0.15, 0.2) is 0 Å². The fraction of sp³-hybridized carbons (Fsp3) is 0.553. The van der Waals surface area contributed by atoms with Crippen molar-refractivity contribution in [2.45, 2.75) is 148 Å². The number of nitrogens with two attached hydrogens (primary N) is 1. The molecule has 1 amide bonds. The number of hydrogen-bond donors (Lipinski definition) is 2. The third-order valence-corrected chi connectivity index (χ3v) is 12.9. The van der Waals surface area contributed by atoms with Gasteiger partial charge in [0.05, 0.1) is 26.1 Å². The zero-order valence-electron chi connectivity index (χ0n) is 38.3. The third-order valence-electron chi connectivity index (χ3n) is 9.52. The second-order valence-corrected chi connectivity index (χ2v) is 29.1. The summed E-state index contributed by atoms with van der Waals surface area (Å²) in [5.74, 6) is -2.00. The van der Waals surface area contributed by atoms with Crippen molar-refractivity contribution in [3.05, 3.63) is 84.0 Å². The summed E-state index contributed by atoms with van der Waals surface area (Å²) in [6.45, 7) is 21.4. The molecule has 0 saturated heterocycles. The van der Waals surface area contributed by atoms with Crippen LogP contribution in [0.5, 0.6) is 0 Å². The van der Waals surface area contributed by atoms with Crippen LogP contribution in [0.15, 0.2) is 72.8 Å². The molecular weight excluding hydrogens is 809 g/mol. The summed E-state index contributed by atoms with van der Waals surface area (Å²) in [7, 11) is -2.55. The predicted octanol–water partition coefficient (Wildman–Crippen LogP) is 9.33. The molecular formula is C47H72N2O10Si2. The van der Waals surface area contributed by atoms with Gasteiger partial charge in [-0.15, -0.1) is 0 Å². The van der Waals surface area contributed by atoms with Crippen LogP contribution in [0.4, 0.5) is 4.79 Å². The number of rotatable bonds is 23. The van der Waals surface area contributed by atoms with E-state index in [1.165, 1.54) is 6.92 Å². The lowest BCUT2D eigenvalue weighted by Gasteiger charge is -2.20. The molecule has 338 valence electrons. The molecule has 14 heteroatoms. The molecule has 2 aromatic carbocycles. The summed E-state index contributed by atoms with van der Waals surface area (Å²) in [6, 6.07) is 16.3. The van der Waals surface area contributed by atoms with E-state index < -0.39 is 64.4 Å². The molecule has 1 aliphatic carbocycles. The molecule has 3 rings (SSSR count). The number of fused-ring (bicyclic) bond motifs is 3. The Hall–Kier alpha value is -4.54. The number of esters is 4. The Bertz CT molecular complexity index is 1720. The lowest BCUT2D eigenvalue weighted by Crippen LogP contribution is -2.41. The average molecular weight is 881 g/mol. The molecule has 0 bridgehead atoms. The van der Waals surface area contributed by atoms with Crippen LogP contribution >= 0.6 is 0 Å². The highest BCUT2D eigenvalue weighted by molar-refractivity contribution is 6.76. The van der Waals surface area contributed by atoms with Crippen molar-refractivity contribution >= 4 is 46.1 Å². The summed E-state index contributed by atoms with van der Waals surface area (Å²) >= 11 is 0. The summed E-state index contributed by atoms with van der Waals surface area (Å²) in [5, 5.41) is 2.56. The second kappa shape index (κ2) is 26.7. The van der Waals surface area contributed by atoms with Crippen LogP contribution in [0.3, 0.4) is 0 Å². The van der Waals surface area contributed by atoms with Gasteiger partial charge in [-0.05, 0) is 73.2 Å². The number of alkyl carbamates (subject to hydrolysis) is 1. The number of carbonyl (C=O) groups is 5. The number of ether oxygens (including phenoxy) is 5. The zero-order valence-corrected chi connectivity index (χ0v) is 40.3. The summed E-state index contributed by atoms with van der Waals surface area (Å²) in [5.41, 5.74) is 9.98. The van der Waals surface area contributed by atoms with Gasteiger partial charge in [0.1, 0.15) is 30.9 Å². The van der Waals surface area contributed by atoms with Crippen molar-refractivity contribution < 1.29 is 47.7 Å². The van der Waals surface area contributed by atoms with Crippen LogP contribution in [0.2, 0.25) is 51.4 Å². The Morgan fingerprint density at radius 3 is 1.51 bits per heavy atom. The molecule has 0 spiro atoms. The van der Waals surface area contributed by atoms with E-state index in [-0.39, 0.29) is 31.3 Å². The number of amides is 1. The number of unbranched alkanes of at least 4 members (excludes halogenated alkanes) is 2. The van der Waals surface area contributed by atoms with E-state index in [1.54, 1.807) is 19.1 Å². The second-order valence-electron chi connectivity index (χ2n) is 17.8. The first kappa shape index (κ1) is 52.6. The van der Waals surface area contributed by atoms with Gasteiger partial charge in [-0.3, -0.25) is 14.4 Å². The van der Waals surface area contributed by atoms with Crippen molar-refractivity contribution in [1.29, 1.82) is 0 Å². The third kappa shape index (κ3) is 21.2. The van der Waals surface area contributed by atoms with E-state index >= 15 is 0 Å². The molecule has 3 N–H and O–H groups in total. The monoisotopic (exact) mass is 880 g/mol. The highest BCUT2D eigenvalue weighted by atomic mass is 28.3. The molecule has 61 heavy (non-hydrogen) atoms. The quantitative estimate of drug-likeness (QED) is 0.0472. The highest BCUT2D eigenvalue weighted by Crippen LogP contribution is 2.44. The van der Waals surface area contributed by atoms with Gasteiger partial charge in [0.25, 0.3) is 0 Å². The van der Waals surface area contributed by atoms with Crippen LogP contribution in [-0.4, -0.2) is 90.2 Å². The minimum absolute atomic E-state index is 0.0321. The summed E-state index contributed by atoms with van der Waals surface area (Å²) < 4.78 is 26.9. The molecule has 4 atom stereocenters. The van der Waals surface area contributed by atoms with Gasteiger partial charge in [0.2, 0.25) is 0 Å². The number of carbonyl (C=O) groups excluding carboxylic acids is 5. The first-order valence-corrected chi connectivity index (χ1v) is 29.1. The fourth-order valence-corrected chi connectivity index (χ4v) is 7.33. The lowest BCUT2D eigenvalue weighted by atomic mass is 9.98. The maximum absolute atomic E-state index is 12.8. The van der Waals surface area contributed by atoms with Gasteiger partial charge in [-0.2, -0.15) is 0 Å². The van der Waals surface area contributed by atoms with E-state index in [2.05, 4.69) is 63.7 Å². The molecule has 0 radical (unpaired) electrons. The normalized spacial score (nSPS) is 14.4. The van der Waals surface area contributed by atoms with E-state index in [0.29, 0.717) is 13.2 Å². The Labute approximate surface area is 366 Å².